The average Bonchev–Trinajstić information content (AvgIpc) is 3.35. The summed E-state index contributed by atoms with van der Waals surface area (Å²) in [6.45, 7) is 2.86. The molecule has 0 spiro atoms. The number of aromatic amines is 1. The molecule has 32 heavy (non-hydrogen) atoms. The van der Waals surface area contributed by atoms with Crippen molar-refractivity contribution in [3.63, 3.8) is 0 Å². The minimum atomic E-state index is -5.08. The number of imidazole rings is 1. The van der Waals surface area contributed by atoms with Crippen molar-refractivity contribution >= 4 is 38.8 Å². The number of aliphatic carboxylic acids is 1. The summed E-state index contributed by atoms with van der Waals surface area (Å²) < 4.78 is 35.7. The van der Waals surface area contributed by atoms with Gasteiger partial charge in [-0.25, -0.2) is 14.2 Å². The molecule has 170 valence electrons. The molecule has 0 aliphatic rings. The molecular weight excluding hydrogens is 499 g/mol. The van der Waals surface area contributed by atoms with Gasteiger partial charge in [-0.1, -0.05) is 25.8 Å². The van der Waals surface area contributed by atoms with E-state index in [9.17, 15) is 18.0 Å². The maximum atomic E-state index is 13.0. The fraction of sp³-hybridized carbons (Fsp3) is 0.333. The first kappa shape index (κ1) is 23.4. The molecule has 0 saturated carbocycles. The fourth-order valence-electron chi connectivity index (χ4n) is 2.91. The highest BCUT2D eigenvalue weighted by molar-refractivity contribution is 9.10. The molecule has 0 aromatic carbocycles. The lowest BCUT2D eigenvalue weighted by Gasteiger charge is -2.09. The van der Waals surface area contributed by atoms with Gasteiger partial charge in [-0.2, -0.15) is 13.2 Å². The zero-order chi connectivity index (χ0) is 23.5. The summed E-state index contributed by atoms with van der Waals surface area (Å²) in [5, 5.41) is 15.6. The Labute approximate surface area is 186 Å². The number of carbonyl (C=O) groups is 1. The Morgan fingerprint density at radius 2 is 1.97 bits per heavy atom. The van der Waals surface area contributed by atoms with Gasteiger partial charge in [0.15, 0.2) is 21.7 Å². The molecule has 0 bridgehead atoms. The van der Waals surface area contributed by atoms with Crippen LogP contribution < -0.4 is 5.56 Å². The molecule has 0 radical (unpaired) electrons. The van der Waals surface area contributed by atoms with E-state index in [-0.39, 0.29) is 5.56 Å². The number of aromatic nitrogens is 7. The van der Waals surface area contributed by atoms with Gasteiger partial charge >= 0.3 is 12.1 Å². The first-order chi connectivity index (χ1) is 15.1. The van der Waals surface area contributed by atoms with Gasteiger partial charge in [0.05, 0.1) is 0 Å². The molecule has 10 nitrogen and oxygen atoms in total. The monoisotopic (exact) mass is 515 g/mol. The molecular formula is C18H17BrF3N7O3. The minimum absolute atomic E-state index is 0.236. The molecule has 0 saturated heterocycles. The minimum Gasteiger partial charge on any atom is -0.475 e. The van der Waals surface area contributed by atoms with Crippen LogP contribution in [-0.4, -0.2) is 51.4 Å². The second-order valence-corrected chi connectivity index (χ2v) is 7.32. The zero-order valence-corrected chi connectivity index (χ0v) is 18.2. The number of carboxylic acid groups (broad SMARTS) is 1. The van der Waals surface area contributed by atoms with E-state index in [1.165, 1.54) is 4.40 Å². The fourth-order valence-corrected chi connectivity index (χ4v) is 3.28. The number of H-pyrrole nitrogens is 1. The Morgan fingerprint density at radius 3 is 2.56 bits per heavy atom. The van der Waals surface area contributed by atoms with Gasteiger partial charge in [0.25, 0.3) is 5.56 Å². The van der Waals surface area contributed by atoms with Crippen LogP contribution in [0.2, 0.25) is 0 Å². The highest BCUT2D eigenvalue weighted by Gasteiger charge is 2.38. The van der Waals surface area contributed by atoms with E-state index in [0.717, 1.165) is 19.3 Å². The van der Waals surface area contributed by atoms with Crippen molar-refractivity contribution in [1.29, 1.82) is 0 Å². The summed E-state index contributed by atoms with van der Waals surface area (Å²) in [5.41, 5.74) is 1.37. The SMILES string of the molecule is CCCCCn1c2nc(Br)[nH]c2c(=O)n2c(-c3ccccn3)nnc12.O=C(O)C(F)(F)F. The van der Waals surface area contributed by atoms with Gasteiger partial charge in [0.1, 0.15) is 5.69 Å². The van der Waals surface area contributed by atoms with Crippen LogP contribution >= 0.6 is 15.9 Å². The number of hydrogen-bond donors (Lipinski definition) is 2. The van der Waals surface area contributed by atoms with E-state index in [0.29, 0.717) is 39.7 Å². The summed E-state index contributed by atoms with van der Waals surface area (Å²) in [5.74, 6) is -1.85. The molecule has 4 aromatic heterocycles. The van der Waals surface area contributed by atoms with Crippen LogP contribution in [0.15, 0.2) is 33.9 Å². The van der Waals surface area contributed by atoms with Crippen molar-refractivity contribution in [1.82, 2.24) is 34.1 Å². The number of pyridine rings is 1. The Kier molecular flexibility index (Phi) is 6.91. The maximum absolute atomic E-state index is 13.0. The molecule has 0 atom stereocenters. The Morgan fingerprint density at radius 1 is 1.25 bits per heavy atom. The molecule has 0 fully saturated rings. The number of nitrogens with zero attached hydrogens (tertiary/aromatic N) is 6. The van der Waals surface area contributed by atoms with Crippen LogP contribution in [-0.2, 0) is 11.3 Å². The average molecular weight is 516 g/mol. The van der Waals surface area contributed by atoms with Crippen molar-refractivity contribution in [3.05, 3.63) is 39.5 Å². The maximum Gasteiger partial charge on any atom is 0.490 e. The number of aryl methyl sites for hydroxylation is 1. The Hall–Kier alpha value is -3.29. The first-order valence-corrected chi connectivity index (χ1v) is 10.2. The number of unbranched alkanes of at least 4 members (excludes halogenated alkanes) is 2. The van der Waals surface area contributed by atoms with E-state index in [2.05, 4.69) is 48.0 Å². The summed E-state index contributed by atoms with van der Waals surface area (Å²) in [6.07, 6.45) is -0.246. The van der Waals surface area contributed by atoms with Gasteiger partial charge in [0.2, 0.25) is 5.78 Å². The molecule has 0 unspecified atom stereocenters. The van der Waals surface area contributed by atoms with Gasteiger partial charge in [-0.3, -0.25) is 14.3 Å². The zero-order valence-electron chi connectivity index (χ0n) is 16.6. The third kappa shape index (κ3) is 4.79. The topological polar surface area (TPSA) is 131 Å². The van der Waals surface area contributed by atoms with Crippen LogP contribution in [0.5, 0.6) is 0 Å². The van der Waals surface area contributed by atoms with Crippen molar-refractivity contribution in [2.75, 3.05) is 0 Å². The standard InChI is InChI=1S/C16H16BrN7O.C2HF3O2/c1-2-3-6-9-23-13-11(19-15(17)20-13)14(25)24-12(21-22-16(23)24)10-7-4-5-8-18-10;3-2(4,5)1(6)7/h4-5,7-8H,2-3,6,9H2,1H3,(H,19,20);(H,6,7). The van der Waals surface area contributed by atoms with E-state index in [4.69, 9.17) is 9.90 Å². The normalized spacial score (nSPS) is 11.5. The molecule has 4 rings (SSSR count). The Bertz CT molecular complexity index is 1300. The van der Waals surface area contributed by atoms with Crippen LogP contribution in [0, 0.1) is 0 Å². The quantitative estimate of drug-likeness (QED) is 0.307. The summed E-state index contributed by atoms with van der Waals surface area (Å²) in [6, 6.07) is 5.48. The second-order valence-electron chi connectivity index (χ2n) is 6.57. The largest absolute Gasteiger partial charge is 0.490 e. The van der Waals surface area contributed by atoms with Crippen molar-refractivity contribution in [2.24, 2.45) is 0 Å². The highest BCUT2D eigenvalue weighted by Crippen LogP contribution is 2.19. The van der Waals surface area contributed by atoms with Crippen LogP contribution in [0.4, 0.5) is 13.2 Å². The van der Waals surface area contributed by atoms with Crippen LogP contribution in [0.3, 0.4) is 0 Å². The molecule has 0 aliphatic heterocycles. The molecule has 2 N–H and O–H groups in total. The number of halogens is 4. The number of nitrogens with one attached hydrogen (secondary N) is 1. The van der Waals surface area contributed by atoms with E-state index in [1.54, 1.807) is 6.20 Å². The third-order valence-electron chi connectivity index (χ3n) is 4.34. The van der Waals surface area contributed by atoms with Crippen molar-refractivity contribution in [2.45, 2.75) is 38.9 Å². The van der Waals surface area contributed by atoms with Gasteiger partial charge in [-0.05, 0) is 34.5 Å². The van der Waals surface area contributed by atoms with Crippen LogP contribution in [0.25, 0.3) is 28.5 Å². The summed E-state index contributed by atoms with van der Waals surface area (Å²) in [4.78, 5) is 33.6. The van der Waals surface area contributed by atoms with Crippen molar-refractivity contribution < 1.29 is 23.1 Å². The number of alkyl halides is 3. The van der Waals surface area contributed by atoms with E-state index >= 15 is 0 Å². The summed E-state index contributed by atoms with van der Waals surface area (Å²) >= 11 is 3.32. The van der Waals surface area contributed by atoms with Gasteiger partial charge in [0, 0.05) is 12.7 Å². The second kappa shape index (κ2) is 9.46. The molecule has 0 amide bonds. The number of hydrogen-bond acceptors (Lipinski definition) is 6. The van der Waals surface area contributed by atoms with Gasteiger partial charge in [-0.15, -0.1) is 10.2 Å². The number of carboxylic acids is 1. The van der Waals surface area contributed by atoms with Gasteiger partial charge < -0.3 is 10.1 Å². The number of fused-ring (bicyclic) bond motifs is 2. The first-order valence-electron chi connectivity index (χ1n) is 9.39. The molecule has 4 heterocycles. The number of rotatable bonds is 5. The summed E-state index contributed by atoms with van der Waals surface area (Å²) in [7, 11) is 0. The lowest BCUT2D eigenvalue weighted by molar-refractivity contribution is -0.192. The van der Waals surface area contributed by atoms with Crippen LogP contribution in [0.1, 0.15) is 26.2 Å². The lowest BCUT2D eigenvalue weighted by atomic mass is 10.2. The third-order valence-corrected chi connectivity index (χ3v) is 4.71. The predicted molar refractivity (Wildman–Crippen MR) is 111 cm³/mol. The highest BCUT2D eigenvalue weighted by atomic mass is 79.9. The predicted octanol–water partition coefficient (Wildman–Crippen LogP) is 3.42. The molecule has 14 heteroatoms. The lowest BCUT2D eigenvalue weighted by Crippen LogP contribution is -2.21. The van der Waals surface area contributed by atoms with Crippen molar-refractivity contribution in [3.8, 4) is 11.5 Å². The van der Waals surface area contributed by atoms with E-state index in [1.807, 2.05) is 22.8 Å². The molecule has 4 aromatic rings. The molecule has 0 aliphatic carbocycles. The smallest absolute Gasteiger partial charge is 0.475 e. The Balaban J connectivity index is 0.000000360. The van der Waals surface area contributed by atoms with E-state index < -0.39 is 12.1 Å².